The first-order chi connectivity index (χ1) is 4.70. The molecule has 0 radical (unpaired) electrons. The van der Waals surface area contributed by atoms with Gasteiger partial charge in [-0.25, -0.2) is 0 Å². The van der Waals surface area contributed by atoms with Gasteiger partial charge in [-0.2, -0.15) is 0 Å². The van der Waals surface area contributed by atoms with E-state index in [1.165, 1.54) is 0 Å². The molecule has 56 valence electrons. The number of fused-ring (bicyclic) bond motifs is 2. The van der Waals surface area contributed by atoms with Crippen LogP contribution in [0.1, 0.15) is 6.42 Å². The number of halogens is 1. The van der Waals surface area contributed by atoms with Crippen LogP contribution in [0.5, 0.6) is 0 Å². The van der Waals surface area contributed by atoms with Crippen LogP contribution in [0.3, 0.4) is 0 Å². The Kier molecular flexibility index (Phi) is 1.29. The van der Waals surface area contributed by atoms with Gasteiger partial charge in [-0.1, -0.05) is 15.9 Å². The van der Waals surface area contributed by atoms with Crippen molar-refractivity contribution in [1.29, 1.82) is 0 Å². The zero-order valence-corrected chi connectivity index (χ0v) is 6.84. The van der Waals surface area contributed by atoms with Gasteiger partial charge in [0.05, 0.1) is 18.1 Å². The smallest absolute Gasteiger partial charge is 0.226 e. The largest absolute Gasteiger partial charge is 0.390 e. The van der Waals surface area contributed by atoms with Crippen molar-refractivity contribution in [2.24, 2.45) is 5.92 Å². The number of rotatable bonds is 0. The third kappa shape index (κ3) is 0.661. The molecular weight excluding hydrogens is 198 g/mol. The van der Waals surface area contributed by atoms with Gasteiger partial charge in [0.15, 0.2) is 0 Å². The van der Waals surface area contributed by atoms with E-state index in [2.05, 4.69) is 21.2 Å². The molecule has 0 spiro atoms. The van der Waals surface area contributed by atoms with Crippen molar-refractivity contribution >= 4 is 21.8 Å². The Hall–Kier alpha value is -0.0900. The molecule has 1 amide bonds. The summed E-state index contributed by atoms with van der Waals surface area (Å²) in [6.45, 7) is 0. The molecule has 2 fully saturated rings. The molecule has 2 aliphatic rings. The van der Waals surface area contributed by atoms with Gasteiger partial charge in [-0.3, -0.25) is 4.79 Å². The highest BCUT2D eigenvalue weighted by Crippen LogP contribution is 2.36. The van der Waals surface area contributed by atoms with Crippen LogP contribution in [-0.4, -0.2) is 28.0 Å². The van der Waals surface area contributed by atoms with Gasteiger partial charge >= 0.3 is 0 Å². The normalized spacial score (nSPS) is 51.6. The Labute approximate surface area is 66.9 Å². The van der Waals surface area contributed by atoms with Gasteiger partial charge in [0, 0.05) is 4.83 Å². The van der Waals surface area contributed by atoms with Crippen molar-refractivity contribution in [2.75, 3.05) is 0 Å². The molecule has 4 atom stereocenters. The van der Waals surface area contributed by atoms with E-state index in [1.807, 2.05) is 0 Å². The van der Waals surface area contributed by atoms with Crippen molar-refractivity contribution < 1.29 is 9.90 Å². The van der Waals surface area contributed by atoms with Gasteiger partial charge in [0.25, 0.3) is 0 Å². The zero-order valence-electron chi connectivity index (χ0n) is 5.25. The average molecular weight is 206 g/mol. The first-order valence-electron chi connectivity index (χ1n) is 3.32. The minimum absolute atomic E-state index is 0.00759. The molecule has 1 saturated heterocycles. The van der Waals surface area contributed by atoms with E-state index < -0.39 is 6.10 Å². The van der Waals surface area contributed by atoms with E-state index in [4.69, 9.17) is 0 Å². The first kappa shape index (κ1) is 6.61. The standard InChI is InChI=1S/C6H8BrNO2/c7-3-1-2-5(9)4(3)8-6(2)10/h2-5,9H,1H2,(H,8,10)/t2-,3-,4+,5+/m0/s1. The van der Waals surface area contributed by atoms with E-state index in [0.717, 1.165) is 6.42 Å². The van der Waals surface area contributed by atoms with Crippen molar-refractivity contribution in [3.05, 3.63) is 0 Å². The van der Waals surface area contributed by atoms with E-state index in [9.17, 15) is 9.90 Å². The lowest BCUT2D eigenvalue weighted by Crippen LogP contribution is -2.38. The molecule has 2 rings (SSSR count). The lowest BCUT2D eigenvalue weighted by atomic mass is 10.1. The van der Waals surface area contributed by atoms with Gasteiger partial charge in [0.2, 0.25) is 5.91 Å². The van der Waals surface area contributed by atoms with Crippen LogP contribution >= 0.6 is 15.9 Å². The number of piperidine rings is 1. The van der Waals surface area contributed by atoms with Crippen LogP contribution in [0.15, 0.2) is 0 Å². The molecule has 1 aliphatic carbocycles. The molecule has 1 heterocycles. The van der Waals surface area contributed by atoms with Gasteiger partial charge < -0.3 is 10.4 Å². The third-order valence-electron chi connectivity index (χ3n) is 2.29. The minimum atomic E-state index is -0.461. The van der Waals surface area contributed by atoms with Gasteiger partial charge in [-0.05, 0) is 6.42 Å². The minimum Gasteiger partial charge on any atom is -0.390 e. The topological polar surface area (TPSA) is 49.3 Å². The lowest BCUT2D eigenvalue weighted by molar-refractivity contribution is -0.124. The van der Waals surface area contributed by atoms with Crippen molar-refractivity contribution in [3.63, 3.8) is 0 Å². The van der Waals surface area contributed by atoms with E-state index >= 15 is 0 Å². The Balaban J connectivity index is 2.25. The summed E-state index contributed by atoms with van der Waals surface area (Å²) in [6.07, 6.45) is 0.314. The second-order valence-corrected chi connectivity index (χ2v) is 4.06. The fourth-order valence-corrected chi connectivity index (χ4v) is 2.55. The predicted molar refractivity (Wildman–Crippen MR) is 38.8 cm³/mol. The number of aliphatic hydroxyl groups excluding tert-OH is 1. The van der Waals surface area contributed by atoms with E-state index in [0.29, 0.717) is 0 Å². The molecule has 3 nitrogen and oxygen atoms in total. The number of alkyl halides is 1. The van der Waals surface area contributed by atoms with Crippen molar-refractivity contribution in [1.82, 2.24) is 5.32 Å². The summed E-state index contributed by atoms with van der Waals surface area (Å²) in [4.78, 5) is 11.2. The second kappa shape index (κ2) is 1.95. The highest BCUT2D eigenvalue weighted by molar-refractivity contribution is 9.09. The molecule has 2 N–H and O–H groups in total. The summed E-state index contributed by atoms with van der Waals surface area (Å²) >= 11 is 3.39. The van der Waals surface area contributed by atoms with Crippen LogP contribution < -0.4 is 5.32 Å². The highest BCUT2D eigenvalue weighted by Gasteiger charge is 2.51. The SMILES string of the molecule is O=C1N[C@H]2[C@H](O)[C@@H]1C[C@@H]2Br. The van der Waals surface area contributed by atoms with Crippen molar-refractivity contribution in [2.45, 2.75) is 23.4 Å². The van der Waals surface area contributed by atoms with Crippen LogP contribution in [0.2, 0.25) is 0 Å². The summed E-state index contributed by atoms with van der Waals surface area (Å²) in [7, 11) is 0. The van der Waals surface area contributed by atoms with Crippen LogP contribution in [0.4, 0.5) is 0 Å². The lowest BCUT2D eigenvalue weighted by Gasteiger charge is -2.15. The molecule has 0 aromatic heterocycles. The summed E-state index contributed by atoms with van der Waals surface area (Å²) in [5.74, 6) is -0.150. The number of aliphatic hydroxyl groups is 1. The summed E-state index contributed by atoms with van der Waals surface area (Å²) in [6, 6.07) is -0.0440. The molecule has 1 aliphatic heterocycles. The zero-order chi connectivity index (χ0) is 7.30. The highest BCUT2D eigenvalue weighted by atomic mass is 79.9. The molecule has 10 heavy (non-hydrogen) atoms. The monoisotopic (exact) mass is 205 g/mol. The third-order valence-corrected chi connectivity index (χ3v) is 3.24. The maximum absolute atomic E-state index is 10.9. The number of carbonyl (C=O) groups excluding carboxylic acids is 1. The summed E-state index contributed by atoms with van der Waals surface area (Å²) in [5.41, 5.74) is 0. The molecule has 2 bridgehead atoms. The number of nitrogens with one attached hydrogen (secondary N) is 1. The quantitative estimate of drug-likeness (QED) is 0.531. The summed E-state index contributed by atoms with van der Waals surface area (Å²) in [5, 5.41) is 12.1. The molecule has 1 saturated carbocycles. The first-order valence-corrected chi connectivity index (χ1v) is 4.24. The second-order valence-electron chi connectivity index (χ2n) is 2.88. The molecule has 4 heteroatoms. The Morgan fingerprint density at radius 3 is 2.70 bits per heavy atom. The Morgan fingerprint density at radius 1 is 1.70 bits per heavy atom. The van der Waals surface area contributed by atoms with E-state index in [1.54, 1.807) is 0 Å². The number of hydrogen-bond acceptors (Lipinski definition) is 2. The number of carbonyl (C=O) groups is 1. The van der Waals surface area contributed by atoms with E-state index in [-0.39, 0.29) is 22.7 Å². The van der Waals surface area contributed by atoms with Crippen LogP contribution in [0, 0.1) is 5.92 Å². The van der Waals surface area contributed by atoms with Gasteiger partial charge in [-0.15, -0.1) is 0 Å². The fraction of sp³-hybridized carbons (Fsp3) is 0.833. The molecule has 0 aromatic rings. The van der Waals surface area contributed by atoms with Crippen LogP contribution in [-0.2, 0) is 4.79 Å². The molecule has 0 aromatic carbocycles. The molecule has 0 unspecified atom stereocenters. The maximum Gasteiger partial charge on any atom is 0.226 e. The Morgan fingerprint density at radius 2 is 2.40 bits per heavy atom. The Bertz CT molecular complexity index is 185. The fourth-order valence-electron chi connectivity index (χ4n) is 1.70. The van der Waals surface area contributed by atoms with Gasteiger partial charge in [0.1, 0.15) is 0 Å². The maximum atomic E-state index is 10.9. The number of hydrogen-bond donors (Lipinski definition) is 2. The van der Waals surface area contributed by atoms with Crippen molar-refractivity contribution in [3.8, 4) is 0 Å². The summed E-state index contributed by atoms with van der Waals surface area (Å²) < 4.78 is 0. The number of amides is 1. The average Bonchev–Trinajstić information content (AvgIpc) is 2.26. The predicted octanol–water partition coefficient (Wildman–Crippen LogP) is -0.371. The molecular formula is C6H8BrNO2. The van der Waals surface area contributed by atoms with Crippen LogP contribution in [0.25, 0.3) is 0 Å².